The minimum Gasteiger partial charge on any atom is -0.357 e. The van der Waals surface area contributed by atoms with Gasteiger partial charge in [-0.1, -0.05) is 33.1 Å². The molecule has 0 aromatic rings. The molecule has 0 aliphatic carbocycles. The average molecular weight is 347 g/mol. The van der Waals surface area contributed by atoms with Gasteiger partial charge in [-0.2, -0.15) is 0 Å². The minimum atomic E-state index is -3.00. The SMILES string of the molecule is CCCCC(CC)CN=C(NCC)NCCN1CCCS1(=O)=O. The second-order valence-electron chi connectivity index (χ2n) is 6.13. The Balaban J connectivity index is 2.42. The van der Waals surface area contributed by atoms with Crippen LogP contribution in [0.25, 0.3) is 0 Å². The van der Waals surface area contributed by atoms with E-state index in [0.29, 0.717) is 25.6 Å². The molecule has 1 atom stereocenters. The predicted octanol–water partition coefficient (Wildman–Crippen LogP) is 1.79. The van der Waals surface area contributed by atoms with Crippen LogP contribution in [0.5, 0.6) is 0 Å². The van der Waals surface area contributed by atoms with Crippen LogP contribution in [0, 0.1) is 5.92 Å². The van der Waals surface area contributed by atoms with Crippen molar-refractivity contribution in [1.82, 2.24) is 14.9 Å². The Morgan fingerprint density at radius 3 is 2.61 bits per heavy atom. The Kier molecular flexibility index (Phi) is 9.55. The summed E-state index contributed by atoms with van der Waals surface area (Å²) in [5, 5.41) is 6.49. The van der Waals surface area contributed by atoms with Crippen LogP contribution in [-0.4, -0.2) is 57.2 Å². The topological polar surface area (TPSA) is 73.8 Å². The fourth-order valence-corrected chi connectivity index (χ4v) is 4.25. The van der Waals surface area contributed by atoms with Crippen molar-refractivity contribution in [3.63, 3.8) is 0 Å². The van der Waals surface area contributed by atoms with Crippen LogP contribution >= 0.6 is 0 Å². The Labute approximate surface area is 142 Å². The predicted molar refractivity (Wildman–Crippen MR) is 97.3 cm³/mol. The van der Waals surface area contributed by atoms with Crippen molar-refractivity contribution in [3.8, 4) is 0 Å². The monoisotopic (exact) mass is 346 g/mol. The zero-order valence-electron chi connectivity index (χ0n) is 15.0. The zero-order valence-corrected chi connectivity index (χ0v) is 15.8. The summed E-state index contributed by atoms with van der Waals surface area (Å²) in [5.74, 6) is 1.71. The number of unbranched alkanes of at least 4 members (excludes halogenated alkanes) is 1. The third-order valence-corrected chi connectivity index (χ3v) is 6.21. The van der Waals surface area contributed by atoms with E-state index >= 15 is 0 Å². The van der Waals surface area contributed by atoms with Crippen molar-refractivity contribution in [2.24, 2.45) is 10.9 Å². The highest BCUT2D eigenvalue weighted by molar-refractivity contribution is 7.89. The van der Waals surface area contributed by atoms with Gasteiger partial charge in [-0.25, -0.2) is 12.7 Å². The van der Waals surface area contributed by atoms with Crippen molar-refractivity contribution in [2.45, 2.75) is 52.9 Å². The van der Waals surface area contributed by atoms with Crippen LogP contribution < -0.4 is 10.6 Å². The van der Waals surface area contributed by atoms with Crippen LogP contribution in [0.2, 0.25) is 0 Å². The van der Waals surface area contributed by atoms with Crippen molar-refractivity contribution < 1.29 is 8.42 Å². The Bertz CT molecular complexity index is 451. The van der Waals surface area contributed by atoms with E-state index < -0.39 is 10.0 Å². The molecule has 6 nitrogen and oxygen atoms in total. The van der Waals surface area contributed by atoms with Crippen molar-refractivity contribution in [3.05, 3.63) is 0 Å². The Morgan fingerprint density at radius 1 is 1.26 bits per heavy atom. The van der Waals surface area contributed by atoms with E-state index in [1.165, 1.54) is 19.3 Å². The van der Waals surface area contributed by atoms with Gasteiger partial charge in [-0.3, -0.25) is 4.99 Å². The van der Waals surface area contributed by atoms with Crippen LogP contribution in [0.4, 0.5) is 0 Å². The molecule has 0 aromatic carbocycles. The van der Waals surface area contributed by atoms with Crippen LogP contribution in [0.15, 0.2) is 4.99 Å². The lowest BCUT2D eigenvalue weighted by atomic mass is 10.00. The molecule has 0 aromatic heterocycles. The summed E-state index contributed by atoms with van der Waals surface area (Å²) in [6.45, 7) is 9.86. The molecule has 1 saturated heterocycles. The largest absolute Gasteiger partial charge is 0.357 e. The summed E-state index contributed by atoms with van der Waals surface area (Å²) in [4.78, 5) is 4.66. The van der Waals surface area contributed by atoms with Gasteiger partial charge < -0.3 is 10.6 Å². The third-order valence-electron chi connectivity index (χ3n) is 4.25. The first-order chi connectivity index (χ1) is 11.0. The molecule has 1 unspecified atom stereocenters. The molecule has 0 spiro atoms. The quantitative estimate of drug-likeness (QED) is 0.467. The normalized spacial score (nSPS) is 19.7. The lowest BCUT2D eigenvalue weighted by molar-refractivity contribution is 0.443. The summed E-state index contributed by atoms with van der Waals surface area (Å²) in [7, 11) is -3.00. The van der Waals surface area contributed by atoms with Gasteiger partial charge in [-0.15, -0.1) is 0 Å². The summed E-state index contributed by atoms with van der Waals surface area (Å²) in [5.41, 5.74) is 0. The van der Waals surface area contributed by atoms with Crippen LogP contribution in [0.1, 0.15) is 52.9 Å². The van der Waals surface area contributed by atoms with Crippen molar-refractivity contribution >= 4 is 16.0 Å². The van der Waals surface area contributed by atoms with Gasteiger partial charge in [0, 0.05) is 32.7 Å². The van der Waals surface area contributed by atoms with E-state index in [4.69, 9.17) is 0 Å². The molecule has 0 saturated carbocycles. The lowest BCUT2D eigenvalue weighted by Crippen LogP contribution is -2.42. The third kappa shape index (κ3) is 7.52. The van der Waals surface area contributed by atoms with Gasteiger partial charge in [0.05, 0.1) is 5.75 Å². The van der Waals surface area contributed by atoms with Gasteiger partial charge in [0.1, 0.15) is 0 Å². The standard InChI is InChI=1S/C16H34N4O2S/c1-4-7-9-15(5-2)14-19-16(17-6-3)18-10-12-20-11-8-13-23(20,21)22/h15H,4-14H2,1-3H3,(H2,17,18,19). The molecule has 1 aliphatic rings. The highest BCUT2D eigenvalue weighted by atomic mass is 32.2. The van der Waals surface area contributed by atoms with Gasteiger partial charge in [0.25, 0.3) is 0 Å². The molecule has 136 valence electrons. The molecular formula is C16H34N4O2S. The maximum absolute atomic E-state index is 11.8. The first-order valence-electron chi connectivity index (χ1n) is 9.03. The molecule has 7 heteroatoms. The summed E-state index contributed by atoms with van der Waals surface area (Å²) < 4.78 is 25.1. The molecule has 2 N–H and O–H groups in total. The van der Waals surface area contributed by atoms with E-state index in [-0.39, 0.29) is 5.75 Å². The van der Waals surface area contributed by atoms with E-state index in [0.717, 1.165) is 31.9 Å². The van der Waals surface area contributed by atoms with Crippen LogP contribution in [-0.2, 0) is 10.0 Å². The zero-order chi connectivity index (χ0) is 17.1. The smallest absolute Gasteiger partial charge is 0.214 e. The second kappa shape index (κ2) is 10.9. The van der Waals surface area contributed by atoms with Gasteiger partial charge in [-0.05, 0) is 25.7 Å². The molecule has 1 heterocycles. The maximum Gasteiger partial charge on any atom is 0.214 e. The molecule has 1 aliphatic heterocycles. The molecule has 23 heavy (non-hydrogen) atoms. The number of sulfonamides is 1. The van der Waals surface area contributed by atoms with E-state index in [2.05, 4.69) is 29.5 Å². The number of hydrogen-bond acceptors (Lipinski definition) is 3. The molecule has 0 amide bonds. The van der Waals surface area contributed by atoms with Gasteiger partial charge in [0.2, 0.25) is 10.0 Å². The van der Waals surface area contributed by atoms with E-state index in [9.17, 15) is 8.42 Å². The minimum absolute atomic E-state index is 0.288. The van der Waals surface area contributed by atoms with Crippen molar-refractivity contribution in [1.29, 1.82) is 0 Å². The lowest BCUT2D eigenvalue weighted by Gasteiger charge is -2.17. The second-order valence-corrected chi connectivity index (χ2v) is 8.22. The highest BCUT2D eigenvalue weighted by Crippen LogP contribution is 2.13. The Hall–Kier alpha value is -0.820. The number of guanidine groups is 1. The first kappa shape index (κ1) is 20.2. The first-order valence-corrected chi connectivity index (χ1v) is 10.6. The van der Waals surface area contributed by atoms with E-state index in [1.54, 1.807) is 4.31 Å². The summed E-state index contributed by atoms with van der Waals surface area (Å²) in [6.07, 6.45) is 5.59. The maximum atomic E-state index is 11.8. The summed E-state index contributed by atoms with van der Waals surface area (Å²) in [6, 6.07) is 0. The number of aliphatic imine (C=N–C) groups is 1. The van der Waals surface area contributed by atoms with Gasteiger partial charge >= 0.3 is 0 Å². The molecular weight excluding hydrogens is 312 g/mol. The number of nitrogens with zero attached hydrogens (tertiary/aromatic N) is 2. The van der Waals surface area contributed by atoms with Gasteiger partial charge in [0.15, 0.2) is 5.96 Å². The Morgan fingerprint density at radius 2 is 2.04 bits per heavy atom. The number of rotatable bonds is 10. The van der Waals surface area contributed by atoms with Crippen molar-refractivity contribution in [2.75, 3.05) is 38.5 Å². The fourth-order valence-electron chi connectivity index (χ4n) is 2.72. The number of hydrogen-bond donors (Lipinski definition) is 2. The fraction of sp³-hybridized carbons (Fsp3) is 0.938. The van der Waals surface area contributed by atoms with E-state index in [1.807, 2.05) is 6.92 Å². The molecule has 0 bridgehead atoms. The molecule has 1 rings (SSSR count). The average Bonchev–Trinajstić information content (AvgIpc) is 2.86. The highest BCUT2D eigenvalue weighted by Gasteiger charge is 2.27. The van der Waals surface area contributed by atoms with Crippen LogP contribution in [0.3, 0.4) is 0 Å². The number of nitrogens with one attached hydrogen (secondary N) is 2. The summed E-state index contributed by atoms with van der Waals surface area (Å²) >= 11 is 0. The molecule has 1 fully saturated rings. The molecule has 0 radical (unpaired) electrons.